The highest BCUT2D eigenvalue weighted by Gasteiger charge is 2.51. The highest BCUT2D eigenvalue weighted by atomic mass is 16.6. The highest BCUT2D eigenvalue weighted by Crippen LogP contribution is 2.44. The zero-order chi connectivity index (χ0) is 20.5. The lowest BCUT2D eigenvalue weighted by atomic mass is 9.86. The molecule has 0 spiro atoms. The fourth-order valence-electron chi connectivity index (χ4n) is 4.30. The van der Waals surface area contributed by atoms with Crippen molar-refractivity contribution in [2.24, 2.45) is 0 Å². The first-order valence-corrected chi connectivity index (χ1v) is 10.1. The molecule has 0 bridgehead atoms. The van der Waals surface area contributed by atoms with Crippen molar-refractivity contribution >= 4 is 12.2 Å². The third-order valence-electron chi connectivity index (χ3n) is 5.42. The predicted octanol–water partition coefficient (Wildman–Crippen LogP) is 4.79. The van der Waals surface area contributed by atoms with Gasteiger partial charge >= 0.3 is 12.2 Å². The Morgan fingerprint density at radius 1 is 1.14 bits per heavy atom. The number of benzene rings is 1. The molecular formula is C22H32N2O4. The van der Waals surface area contributed by atoms with Gasteiger partial charge in [-0.25, -0.2) is 9.59 Å². The van der Waals surface area contributed by atoms with E-state index >= 15 is 0 Å². The Morgan fingerprint density at radius 3 is 2.32 bits per heavy atom. The van der Waals surface area contributed by atoms with E-state index < -0.39 is 11.2 Å². The molecule has 1 saturated heterocycles. The standard InChI is InChI=1S/C22H32N2O4/c1-21(2,3)27-19(25)23-16-11-13-17(14-12-16)24-18(15-9-7-6-8-10-15)22(4,5)28-20(24)26/h6-10,16-18H,11-14H2,1-5H3,(H,23,25)/t16?,17?,18-/m0/s1. The Balaban J connectivity index is 1.66. The van der Waals surface area contributed by atoms with Crippen LogP contribution in [0.1, 0.15) is 71.9 Å². The van der Waals surface area contributed by atoms with Gasteiger partial charge in [-0.1, -0.05) is 30.3 Å². The first-order chi connectivity index (χ1) is 13.1. The molecule has 1 aliphatic carbocycles. The van der Waals surface area contributed by atoms with Gasteiger partial charge in [0, 0.05) is 12.1 Å². The van der Waals surface area contributed by atoms with Gasteiger partial charge in [0.2, 0.25) is 0 Å². The summed E-state index contributed by atoms with van der Waals surface area (Å²) in [5.41, 5.74) is 0.00595. The van der Waals surface area contributed by atoms with Gasteiger partial charge < -0.3 is 14.8 Å². The molecule has 0 unspecified atom stereocenters. The second kappa shape index (κ2) is 7.64. The largest absolute Gasteiger partial charge is 0.444 e. The SMILES string of the molecule is CC(C)(C)OC(=O)NC1CCC(N2C(=O)OC(C)(C)[C@@H]2c2ccccc2)CC1. The average Bonchev–Trinajstić information content (AvgIpc) is 2.83. The summed E-state index contributed by atoms with van der Waals surface area (Å²) >= 11 is 0. The van der Waals surface area contributed by atoms with Crippen LogP contribution in [-0.4, -0.2) is 40.4 Å². The monoisotopic (exact) mass is 388 g/mol. The predicted molar refractivity (Wildman–Crippen MR) is 107 cm³/mol. The van der Waals surface area contributed by atoms with Gasteiger partial charge in [-0.2, -0.15) is 0 Å². The lowest BCUT2D eigenvalue weighted by Gasteiger charge is -2.38. The van der Waals surface area contributed by atoms with Crippen LogP contribution in [0.5, 0.6) is 0 Å². The topological polar surface area (TPSA) is 67.9 Å². The number of carbonyl (C=O) groups excluding carboxylic acids is 2. The third-order valence-corrected chi connectivity index (χ3v) is 5.42. The van der Waals surface area contributed by atoms with Crippen LogP contribution in [0, 0.1) is 0 Å². The lowest BCUT2D eigenvalue weighted by Crippen LogP contribution is -2.47. The Morgan fingerprint density at radius 2 is 1.75 bits per heavy atom. The quantitative estimate of drug-likeness (QED) is 0.808. The van der Waals surface area contributed by atoms with E-state index in [-0.39, 0.29) is 30.3 Å². The summed E-state index contributed by atoms with van der Waals surface area (Å²) in [4.78, 5) is 26.6. The molecule has 0 radical (unpaired) electrons. The number of hydrogen-bond acceptors (Lipinski definition) is 4. The van der Waals surface area contributed by atoms with Crippen LogP contribution in [0.25, 0.3) is 0 Å². The molecule has 6 nitrogen and oxygen atoms in total. The smallest absolute Gasteiger partial charge is 0.411 e. The Bertz CT molecular complexity index is 703. The van der Waals surface area contributed by atoms with E-state index in [1.807, 2.05) is 57.7 Å². The second-order valence-electron chi connectivity index (χ2n) is 9.34. The average molecular weight is 389 g/mol. The number of hydrogen-bond donors (Lipinski definition) is 1. The number of rotatable bonds is 3. The zero-order valence-electron chi connectivity index (χ0n) is 17.5. The molecule has 1 aromatic carbocycles. The van der Waals surface area contributed by atoms with Gasteiger partial charge in [-0.15, -0.1) is 0 Å². The van der Waals surface area contributed by atoms with E-state index in [0.29, 0.717) is 0 Å². The number of alkyl carbamates (subject to hydrolysis) is 1. The van der Waals surface area contributed by atoms with Gasteiger partial charge in [0.05, 0.1) is 6.04 Å². The van der Waals surface area contributed by atoms with Crippen LogP contribution in [0.2, 0.25) is 0 Å². The summed E-state index contributed by atoms with van der Waals surface area (Å²) in [5, 5.41) is 2.96. The maximum atomic E-state index is 12.7. The maximum absolute atomic E-state index is 12.7. The number of carbonyl (C=O) groups is 2. The number of nitrogens with one attached hydrogen (secondary N) is 1. The summed E-state index contributed by atoms with van der Waals surface area (Å²) in [7, 11) is 0. The van der Waals surface area contributed by atoms with Crippen molar-refractivity contribution in [1.82, 2.24) is 10.2 Å². The van der Waals surface area contributed by atoms with Crippen molar-refractivity contribution in [2.75, 3.05) is 0 Å². The van der Waals surface area contributed by atoms with Gasteiger partial charge in [0.15, 0.2) is 0 Å². The first-order valence-electron chi connectivity index (χ1n) is 10.1. The molecule has 1 N–H and O–H groups in total. The lowest BCUT2D eigenvalue weighted by molar-refractivity contribution is 0.0476. The van der Waals surface area contributed by atoms with E-state index in [0.717, 1.165) is 31.2 Å². The van der Waals surface area contributed by atoms with E-state index in [2.05, 4.69) is 17.4 Å². The van der Waals surface area contributed by atoms with Crippen molar-refractivity contribution in [3.05, 3.63) is 35.9 Å². The molecule has 1 aliphatic heterocycles. The summed E-state index contributed by atoms with van der Waals surface area (Å²) in [6.07, 6.45) is 2.66. The zero-order valence-corrected chi connectivity index (χ0v) is 17.5. The molecule has 28 heavy (non-hydrogen) atoms. The minimum atomic E-state index is -0.579. The first kappa shape index (κ1) is 20.5. The molecule has 2 aliphatic rings. The van der Waals surface area contributed by atoms with Crippen LogP contribution in [0.3, 0.4) is 0 Å². The Hall–Kier alpha value is -2.24. The van der Waals surface area contributed by atoms with Crippen molar-refractivity contribution in [2.45, 2.75) is 89.6 Å². The molecule has 1 atom stereocenters. The minimum Gasteiger partial charge on any atom is -0.444 e. The van der Waals surface area contributed by atoms with Crippen LogP contribution >= 0.6 is 0 Å². The Labute approximate surface area is 167 Å². The summed E-state index contributed by atoms with van der Waals surface area (Å²) in [6, 6.07) is 10.1. The van der Waals surface area contributed by atoms with Crippen molar-refractivity contribution < 1.29 is 19.1 Å². The molecule has 2 amide bonds. The number of ether oxygens (including phenoxy) is 2. The van der Waals surface area contributed by atoms with E-state index in [9.17, 15) is 9.59 Å². The molecule has 6 heteroatoms. The van der Waals surface area contributed by atoms with Crippen LogP contribution in [-0.2, 0) is 9.47 Å². The van der Waals surface area contributed by atoms with Crippen molar-refractivity contribution in [1.29, 1.82) is 0 Å². The molecule has 3 rings (SSSR count). The Kier molecular flexibility index (Phi) is 5.60. The fourth-order valence-corrected chi connectivity index (χ4v) is 4.30. The highest BCUT2D eigenvalue weighted by molar-refractivity contribution is 5.72. The fraction of sp³-hybridized carbons (Fsp3) is 0.636. The van der Waals surface area contributed by atoms with Gasteiger partial charge in [0.25, 0.3) is 0 Å². The molecule has 0 aromatic heterocycles. The summed E-state index contributed by atoms with van der Waals surface area (Å²) in [5.74, 6) is 0. The van der Waals surface area contributed by atoms with E-state index in [4.69, 9.17) is 9.47 Å². The van der Waals surface area contributed by atoms with Crippen LogP contribution < -0.4 is 5.32 Å². The van der Waals surface area contributed by atoms with Gasteiger partial charge in [-0.3, -0.25) is 4.90 Å². The normalized spacial score (nSPS) is 27.2. The molecule has 2 fully saturated rings. The maximum Gasteiger partial charge on any atom is 0.411 e. The van der Waals surface area contributed by atoms with E-state index in [1.54, 1.807) is 0 Å². The molecular weight excluding hydrogens is 356 g/mol. The minimum absolute atomic E-state index is 0.0768. The third kappa shape index (κ3) is 4.59. The molecule has 1 heterocycles. The number of amides is 2. The van der Waals surface area contributed by atoms with Crippen LogP contribution in [0.4, 0.5) is 9.59 Å². The summed E-state index contributed by atoms with van der Waals surface area (Å²) < 4.78 is 11.1. The van der Waals surface area contributed by atoms with Crippen molar-refractivity contribution in [3.8, 4) is 0 Å². The number of cyclic esters (lactones) is 1. The van der Waals surface area contributed by atoms with Gasteiger partial charge in [0.1, 0.15) is 11.2 Å². The molecule has 1 saturated carbocycles. The molecule has 154 valence electrons. The second-order valence-corrected chi connectivity index (χ2v) is 9.34. The number of nitrogens with zero attached hydrogens (tertiary/aromatic N) is 1. The summed E-state index contributed by atoms with van der Waals surface area (Å²) in [6.45, 7) is 9.51. The molecule has 1 aromatic rings. The van der Waals surface area contributed by atoms with Crippen molar-refractivity contribution in [3.63, 3.8) is 0 Å². The van der Waals surface area contributed by atoms with E-state index in [1.165, 1.54) is 0 Å². The van der Waals surface area contributed by atoms with Gasteiger partial charge in [-0.05, 0) is 65.9 Å². The van der Waals surface area contributed by atoms with Crippen LogP contribution in [0.15, 0.2) is 30.3 Å².